The standard InChI is InChI=1S/C13H13N5OS2/c1-18-12(8-2-3-8)15-16-13(18)21-7-10-14-11(17-19-10)9-4-5-20-6-9/h4-6,8H,2-3,7H2,1H3. The maximum absolute atomic E-state index is 5.28. The molecule has 3 heterocycles. The van der Waals surface area contributed by atoms with Crippen LogP contribution in [0.25, 0.3) is 11.4 Å². The van der Waals surface area contributed by atoms with Crippen molar-refractivity contribution in [2.45, 2.75) is 29.7 Å². The van der Waals surface area contributed by atoms with E-state index in [-0.39, 0.29) is 0 Å². The minimum atomic E-state index is 0.602. The van der Waals surface area contributed by atoms with Crippen molar-refractivity contribution in [1.82, 2.24) is 24.9 Å². The van der Waals surface area contributed by atoms with Crippen LogP contribution in [0.15, 0.2) is 26.5 Å². The molecule has 21 heavy (non-hydrogen) atoms. The number of thiophene rings is 1. The zero-order valence-electron chi connectivity index (χ0n) is 11.4. The lowest BCUT2D eigenvalue weighted by molar-refractivity contribution is 0.391. The highest BCUT2D eigenvalue weighted by Crippen LogP contribution is 2.39. The Hall–Kier alpha value is -1.67. The number of aromatic nitrogens is 5. The number of rotatable bonds is 5. The summed E-state index contributed by atoms with van der Waals surface area (Å²) in [5.74, 6) is 3.54. The highest BCUT2D eigenvalue weighted by molar-refractivity contribution is 7.98. The van der Waals surface area contributed by atoms with E-state index in [9.17, 15) is 0 Å². The Morgan fingerprint density at radius 1 is 1.43 bits per heavy atom. The van der Waals surface area contributed by atoms with Crippen molar-refractivity contribution in [2.24, 2.45) is 7.05 Å². The van der Waals surface area contributed by atoms with E-state index >= 15 is 0 Å². The quantitative estimate of drug-likeness (QED) is 0.673. The van der Waals surface area contributed by atoms with Crippen LogP contribution in [-0.2, 0) is 12.8 Å². The van der Waals surface area contributed by atoms with Crippen LogP contribution in [-0.4, -0.2) is 24.9 Å². The third kappa shape index (κ3) is 2.60. The Kier molecular flexibility index (Phi) is 3.27. The molecular formula is C13H13N5OS2. The average molecular weight is 319 g/mol. The first-order valence-corrected chi connectivity index (χ1v) is 8.61. The van der Waals surface area contributed by atoms with Crippen LogP contribution in [0.3, 0.4) is 0 Å². The van der Waals surface area contributed by atoms with E-state index in [1.54, 1.807) is 23.1 Å². The van der Waals surface area contributed by atoms with Gasteiger partial charge in [0.2, 0.25) is 11.7 Å². The van der Waals surface area contributed by atoms with Gasteiger partial charge < -0.3 is 9.09 Å². The van der Waals surface area contributed by atoms with E-state index in [2.05, 4.69) is 24.9 Å². The maximum atomic E-state index is 5.28. The normalized spacial score (nSPS) is 14.7. The summed E-state index contributed by atoms with van der Waals surface area (Å²) in [7, 11) is 2.01. The SMILES string of the molecule is Cn1c(SCc2nc(-c3ccsc3)no2)nnc1C1CC1. The Balaban J connectivity index is 1.45. The molecule has 108 valence electrons. The summed E-state index contributed by atoms with van der Waals surface area (Å²) in [6, 6.07) is 1.98. The number of hydrogen-bond acceptors (Lipinski definition) is 7. The Morgan fingerprint density at radius 3 is 3.10 bits per heavy atom. The van der Waals surface area contributed by atoms with Gasteiger partial charge in [0.1, 0.15) is 5.82 Å². The van der Waals surface area contributed by atoms with E-state index in [4.69, 9.17) is 4.52 Å². The smallest absolute Gasteiger partial charge is 0.237 e. The first kappa shape index (κ1) is 13.0. The third-order valence-electron chi connectivity index (χ3n) is 3.38. The van der Waals surface area contributed by atoms with Crippen LogP contribution in [0.5, 0.6) is 0 Å². The minimum absolute atomic E-state index is 0.602. The second-order valence-corrected chi connectivity index (χ2v) is 6.71. The van der Waals surface area contributed by atoms with Crippen molar-refractivity contribution >= 4 is 23.1 Å². The van der Waals surface area contributed by atoms with Crippen LogP contribution in [0.2, 0.25) is 0 Å². The van der Waals surface area contributed by atoms with Gasteiger partial charge in [-0.05, 0) is 24.3 Å². The molecule has 0 amide bonds. The van der Waals surface area contributed by atoms with Crippen LogP contribution >= 0.6 is 23.1 Å². The molecule has 1 fully saturated rings. The second kappa shape index (κ2) is 5.27. The first-order chi connectivity index (χ1) is 10.3. The molecule has 4 rings (SSSR count). The average Bonchev–Trinajstić information content (AvgIpc) is 2.94. The summed E-state index contributed by atoms with van der Waals surface area (Å²) in [5, 5.41) is 17.4. The highest BCUT2D eigenvalue weighted by Gasteiger charge is 2.29. The molecule has 0 saturated heterocycles. The summed E-state index contributed by atoms with van der Waals surface area (Å²) in [6.07, 6.45) is 2.45. The fourth-order valence-corrected chi connectivity index (χ4v) is 3.49. The van der Waals surface area contributed by atoms with E-state index in [1.165, 1.54) is 12.8 Å². The summed E-state index contributed by atoms with van der Waals surface area (Å²) in [6.45, 7) is 0. The first-order valence-electron chi connectivity index (χ1n) is 6.68. The molecule has 8 heteroatoms. The second-order valence-electron chi connectivity index (χ2n) is 4.99. The molecule has 0 spiro atoms. The lowest BCUT2D eigenvalue weighted by Gasteiger charge is -2.00. The predicted molar refractivity (Wildman–Crippen MR) is 80.2 cm³/mol. The largest absolute Gasteiger partial charge is 0.338 e. The van der Waals surface area contributed by atoms with Crippen molar-refractivity contribution < 1.29 is 4.52 Å². The highest BCUT2D eigenvalue weighted by atomic mass is 32.2. The molecule has 0 N–H and O–H groups in total. The summed E-state index contributed by atoms with van der Waals surface area (Å²) in [4.78, 5) is 4.40. The van der Waals surface area contributed by atoms with Gasteiger partial charge in [-0.25, -0.2) is 0 Å². The molecule has 0 atom stereocenters. The van der Waals surface area contributed by atoms with E-state index in [0.29, 0.717) is 23.4 Å². The fraction of sp³-hybridized carbons (Fsp3) is 0.385. The lowest BCUT2D eigenvalue weighted by atomic mass is 10.3. The van der Waals surface area contributed by atoms with Crippen molar-refractivity contribution in [2.75, 3.05) is 0 Å². The van der Waals surface area contributed by atoms with Crippen LogP contribution < -0.4 is 0 Å². The predicted octanol–water partition coefficient (Wildman–Crippen LogP) is 3.10. The Morgan fingerprint density at radius 2 is 2.33 bits per heavy atom. The molecule has 0 aliphatic heterocycles. The monoisotopic (exact) mass is 319 g/mol. The van der Waals surface area contributed by atoms with Gasteiger partial charge in [-0.1, -0.05) is 16.9 Å². The maximum Gasteiger partial charge on any atom is 0.237 e. The van der Waals surface area contributed by atoms with Gasteiger partial charge in [0.25, 0.3) is 0 Å². The van der Waals surface area contributed by atoms with Crippen molar-refractivity contribution in [3.05, 3.63) is 28.5 Å². The summed E-state index contributed by atoms with van der Waals surface area (Å²) >= 11 is 3.19. The number of thioether (sulfide) groups is 1. The van der Waals surface area contributed by atoms with Gasteiger partial charge in [-0.2, -0.15) is 16.3 Å². The van der Waals surface area contributed by atoms with Crippen molar-refractivity contribution in [1.29, 1.82) is 0 Å². The molecule has 1 aliphatic rings. The molecule has 0 radical (unpaired) electrons. The molecule has 0 bridgehead atoms. The Labute approximate surface area is 129 Å². The summed E-state index contributed by atoms with van der Waals surface area (Å²) < 4.78 is 7.35. The van der Waals surface area contributed by atoms with Crippen molar-refractivity contribution in [3.8, 4) is 11.4 Å². The zero-order valence-corrected chi connectivity index (χ0v) is 13.0. The van der Waals surface area contributed by atoms with Gasteiger partial charge in [-0.15, -0.1) is 10.2 Å². The molecule has 6 nitrogen and oxygen atoms in total. The number of hydrogen-bond donors (Lipinski definition) is 0. The van der Waals surface area contributed by atoms with E-state index in [1.807, 2.05) is 23.9 Å². The molecule has 3 aromatic heterocycles. The van der Waals surface area contributed by atoms with Gasteiger partial charge in [0, 0.05) is 23.9 Å². The Bertz CT molecular complexity index is 745. The summed E-state index contributed by atoms with van der Waals surface area (Å²) in [5.41, 5.74) is 0.995. The zero-order chi connectivity index (χ0) is 14.2. The third-order valence-corrected chi connectivity index (χ3v) is 5.07. The lowest BCUT2D eigenvalue weighted by Crippen LogP contribution is -1.97. The van der Waals surface area contributed by atoms with Gasteiger partial charge in [0.05, 0.1) is 5.75 Å². The molecule has 1 saturated carbocycles. The molecule has 1 aliphatic carbocycles. The van der Waals surface area contributed by atoms with Crippen LogP contribution in [0.4, 0.5) is 0 Å². The van der Waals surface area contributed by atoms with E-state index < -0.39 is 0 Å². The topological polar surface area (TPSA) is 69.6 Å². The fourth-order valence-electron chi connectivity index (χ4n) is 2.10. The number of nitrogens with zero attached hydrogens (tertiary/aromatic N) is 5. The van der Waals surface area contributed by atoms with Crippen molar-refractivity contribution in [3.63, 3.8) is 0 Å². The van der Waals surface area contributed by atoms with Gasteiger partial charge in [0.15, 0.2) is 5.16 Å². The molecule has 0 unspecified atom stereocenters. The molecule has 0 aromatic carbocycles. The van der Waals surface area contributed by atoms with E-state index in [0.717, 1.165) is 16.5 Å². The minimum Gasteiger partial charge on any atom is -0.338 e. The van der Waals surface area contributed by atoms with Crippen LogP contribution in [0, 0.1) is 0 Å². The molecule has 3 aromatic rings. The van der Waals surface area contributed by atoms with Crippen LogP contribution in [0.1, 0.15) is 30.5 Å². The van der Waals surface area contributed by atoms with Gasteiger partial charge in [-0.3, -0.25) is 0 Å². The van der Waals surface area contributed by atoms with Gasteiger partial charge >= 0.3 is 0 Å². The molecular weight excluding hydrogens is 306 g/mol.